The molecule has 0 aliphatic carbocycles. The molecule has 1 aliphatic rings. The summed E-state index contributed by atoms with van der Waals surface area (Å²) in [5.41, 5.74) is 5.63. The van der Waals surface area contributed by atoms with E-state index in [9.17, 15) is 14.4 Å². The molecule has 0 unspecified atom stereocenters. The molecule has 1 saturated heterocycles. The van der Waals surface area contributed by atoms with Crippen LogP contribution in [0, 0.1) is 0 Å². The normalized spacial score (nSPS) is 15.5. The van der Waals surface area contributed by atoms with Gasteiger partial charge in [-0.1, -0.05) is 11.6 Å². The third-order valence-electron chi connectivity index (χ3n) is 2.53. The minimum atomic E-state index is -0.652. The first-order chi connectivity index (χ1) is 8.00. The highest BCUT2D eigenvalue weighted by Gasteiger charge is 2.30. The Balaban J connectivity index is 2.41. The second-order valence-electron chi connectivity index (χ2n) is 3.65. The predicted octanol–water partition coefficient (Wildman–Crippen LogP) is 1.09. The van der Waals surface area contributed by atoms with Crippen LogP contribution in [-0.4, -0.2) is 17.7 Å². The number of nitrogens with two attached hydrogens (primary N) is 1. The Morgan fingerprint density at radius 3 is 2.29 bits per heavy atom. The van der Waals surface area contributed by atoms with Crippen LogP contribution in [0.4, 0.5) is 5.69 Å². The SMILES string of the molecule is NC(=O)c1ccc(N2C(=O)CCC2=O)cc1Cl. The average Bonchev–Trinajstić information content (AvgIpc) is 2.58. The van der Waals surface area contributed by atoms with E-state index in [2.05, 4.69) is 0 Å². The summed E-state index contributed by atoms with van der Waals surface area (Å²) >= 11 is 5.85. The van der Waals surface area contributed by atoms with Crippen molar-refractivity contribution < 1.29 is 14.4 Å². The van der Waals surface area contributed by atoms with Crippen molar-refractivity contribution in [1.29, 1.82) is 0 Å². The highest BCUT2D eigenvalue weighted by molar-refractivity contribution is 6.34. The highest BCUT2D eigenvalue weighted by atomic mass is 35.5. The Bertz CT molecular complexity index is 511. The molecule has 1 aromatic carbocycles. The minimum absolute atomic E-state index is 0.127. The molecular weight excluding hydrogens is 244 g/mol. The maximum absolute atomic E-state index is 11.5. The van der Waals surface area contributed by atoms with E-state index in [0.717, 1.165) is 4.90 Å². The van der Waals surface area contributed by atoms with Gasteiger partial charge in [-0.2, -0.15) is 0 Å². The van der Waals surface area contributed by atoms with Crippen LogP contribution in [0.2, 0.25) is 5.02 Å². The standard InChI is InChI=1S/C11H9ClN2O3/c12-8-5-6(1-2-7(8)11(13)17)14-9(15)3-4-10(14)16/h1-2,5H,3-4H2,(H2,13,17). The summed E-state index contributed by atoms with van der Waals surface area (Å²) in [4.78, 5) is 35.0. The van der Waals surface area contributed by atoms with Crippen LogP contribution < -0.4 is 10.6 Å². The van der Waals surface area contributed by atoms with Crippen molar-refractivity contribution in [3.63, 3.8) is 0 Å². The van der Waals surface area contributed by atoms with Gasteiger partial charge in [-0.15, -0.1) is 0 Å². The molecule has 0 bridgehead atoms. The second-order valence-corrected chi connectivity index (χ2v) is 4.06. The molecule has 0 aromatic heterocycles. The van der Waals surface area contributed by atoms with E-state index in [1.54, 1.807) is 0 Å². The molecule has 0 spiro atoms. The van der Waals surface area contributed by atoms with Crippen LogP contribution in [0.1, 0.15) is 23.2 Å². The molecule has 1 aromatic rings. The van der Waals surface area contributed by atoms with Gasteiger partial charge in [-0.3, -0.25) is 19.3 Å². The summed E-state index contributed by atoms with van der Waals surface area (Å²) < 4.78 is 0. The number of nitrogens with zero attached hydrogens (tertiary/aromatic N) is 1. The highest BCUT2D eigenvalue weighted by Crippen LogP contribution is 2.27. The van der Waals surface area contributed by atoms with E-state index in [1.807, 2.05) is 0 Å². The number of hydrogen-bond acceptors (Lipinski definition) is 3. The van der Waals surface area contributed by atoms with Gasteiger partial charge in [0.2, 0.25) is 17.7 Å². The fourth-order valence-corrected chi connectivity index (χ4v) is 1.98. The Hall–Kier alpha value is -1.88. The number of imide groups is 1. The van der Waals surface area contributed by atoms with Gasteiger partial charge in [0.25, 0.3) is 0 Å². The Morgan fingerprint density at radius 1 is 1.24 bits per heavy atom. The fourth-order valence-electron chi connectivity index (χ4n) is 1.71. The van der Waals surface area contributed by atoms with Crippen molar-refractivity contribution in [1.82, 2.24) is 0 Å². The summed E-state index contributed by atoms with van der Waals surface area (Å²) in [6.07, 6.45) is 0.405. The van der Waals surface area contributed by atoms with Gasteiger partial charge < -0.3 is 5.73 Å². The molecule has 5 nitrogen and oxygen atoms in total. The van der Waals surface area contributed by atoms with Crippen molar-refractivity contribution in [3.8, 4) is 0 Å². The Kier molecular flexibility index (Phi) is 2.85. The summed E-state index contributed by atoms with van der Waals surface area (Å²) in [6, 6.07) is 4.27. The lowest BCUT2D eigenvalue weighted by molar-refractivity contribution is -0.121. The first kappa shape index (κ1) is 11.6. The number of carbonyl (C=O) groups excluding carboxylic acids is 3. The van der Waals surface area contributed by atoms with Gasteiger partial charge in [-0.25, -0.2) is 0 Å². The molecule has 3 amide bonds. The molecule has 1 fully saturated rings. The first-order valence-electron chi connectivity index (χ1n) is 4.96. The lowest BCUT2D eigenvalue weighted by atomic mass is 10.2. The summed E-state index contributed by atoms with van der Waals surface area (Å²) in [6.45, 7) is 0. The molecule has 2 rings (SSSR count). The number of amides is 3. The van der Waals surface area contributed by atoms with Gasteiger partial charge in [0, 0.05) is 12.8 Å². The van der Waals surface area contributed by atoms with Gasteiger partial charge in [-0.05, 0) is 18.2 Å². The molecule has 0 radical (unpaired) electrons. The van der Waals surface area contributed by atoms with Crippen molar-refractivity contribution in [2.24, 2.45) is 5.73 Å². The maximum atomic E-state index is 11.5. The number of rotatable bonds is 2. The smallest absolute Gasteiger partial charge is 0.250 e. The van der Waals surface area contributed by atoms with E-state index in [0.29, 0.717) is 5.69 Å². The lowest BCUT2D eigenvalue weighted by Crippen LogP contribution is -2.28. The monoisotopic (exact) mass is 252 g/mol. The van der Waals surface area contributed by atoms with E-state index in [-0.39, 0.29) is 35.2 Å². The molecule has 2 N–H and O–H groups in total. The third kappa shape index (κ3) is 2.01. The average molecular weight is 253 g/mol. The van der Waals surface area contributed by atoms with Crippen molar-refractivity contribution in [2.75, 3.05) is 4.90 Å². The number of hydrogen-bond donors (Lipinski definition) is 1. The number of primary amides is 1. The van der Waals surface area contributed by atoms with E-state index >= 15 is 0 Å². The fraction of sp³-hybridized carbons (Fsp3) is 0.182. The molecular formula is C11H9ClN2O3. The molecule has 88 valence electrons. The zero-order chi connectivity index (χ0) is 12.6. The Labute approximate surface area is 102 Å². The van der Waals surface area contributed by atoms with Gasteiger partial charge in [0.1, 0.15) is 0 Å². The molecule has 6 heteroatoms. The summed E-state index contributed by atoms with van der Waals surface area (Å²) in [5, 5.41) is 0.127. The molecule has 0 atom stereocenters. The van der Waals surface area contributed by atoms with Crippen molar-refractivity contribution in [2.45, 2.75) is 12.8 Å². The first-order valence-corrected chi connectivity index (χ1v) is 5.33. The van der Waals surface area contributed by atoms with Crippen LogP contribution in [0.15, 0.2) is 18.2 Å². The van der Waals surface area contributed by atoms with Crippen molar-refractivity contribution in [3.05, 3.63) is 28.8 Å². The maximum Gasteiger partial charge on any atom is 0.250 e. The zero-order valence-electron chi connectivity index (χ0n) is 8.77. The molecule has 1 heterocycles. The van der Waals surface area contributed by atoms with Crippen LogP contribution in [0.25, 0.3) is 0 Å². The Morgan fingerprint density at radius 2 is 1.82 bits per heavy atom. The van der Waals surface area contributed by atoms with E-state index < -0.39 is 5.91 Å². The number of halogens is 1. The second kappa shape index (κ2) is 4.18. The van der Waals surface area contributed by atoms with E-state index in [4.69, 9.17) is 17.3 Å². The minimum Gasteiger partial charge on any atom is -0.366 e. The number of anilines is 1. The van der Waals surface area contributed by atoms with Crippen LogP contribution >= 0.6 is 11.6 Å². The quantitative estimate of drug-likeness (QED) is 0.800. The topological polar surface area (TPSA) is 80.5 Å². The van der Waals surface area contributed by atoms with Crippen LogP contribution in [0.3, 0.4) is 0 Å². The van der Waals surface area contributed by atoms with Crippen LogP contribution in [-0.2, 0) is 9.59 Å². The summed E-state index contributed by atoms with van der Waals surface area (Å²) in [7, 11) is 0. The molecule has 0 saturated carbocycles. The molecule has 17 heavy (non-hydrogen) atoms. The van der Waals surface area contributed by atoms with Gasteiger partial charge >= 0.3 is 0 Å². The van der Waals surface area contributed by atoms with Crippen LogP contribution in [0.5, 0.6) is 0 Å². The number of carbonyl (C=O) groups is 3. The molecule has 1 aliphatic heterocycles. The lowest BCUT2D eigenvalue weighted by Gasteiger charge is -2.14. The summed E-state index contributed by atoms with van der Waals surface area (Å²) in [5.74, 6) is -1.18. The largest absolute Gasteiger partial charge is 0.366 e. The number of benzene rings is 1. The predicted molar refractivity (Wildman–Crippen MR) is 61.7 cm³/mol. The van der Waals surface area contributed by atoms with Crippen molar-refractivity contribution >= 4 is 35.0 Å². The van der Waals surface area contributed by atoms with E-state index in [1.165, 1.54) is 18.2 Å². The van der Waals surface area contributed by atoms with Gasteiger partial charge in [0.15, 0.2) is 0 Å². The zero-order valence-corrected chi connectivity index (χ0v) is 9.53. The van der Waals surface area contributed by atoms with Gasteiger partial charge in [0.05, 0.1) is 16.3 Å². The third-order valence-corrected chi connectivity index (χ3v) is 2.84.